The van der Waals surface area contributed by atoms with E-state index in [1.54, 1.807) is 28.3 Å². The van der Waals surface area contributed by atoms with Gasteiger partial charge >= 0.3 is 6.18 Å². The molecule has 0 aliphatic carbocycles. The molecule has 0 atom stereocenters. The zero-order valence-corrected chi connectivity index (χ0v) is 13.1. The lowest BCUT2D eigenvalue weighted by Gasteiger charge is -2.10. The van der Waals surface area contributed by atoms with E-state index in [1.807, 2.05) is 17.5 Å². The molecular formula is C16H12F3N3OS. The molecule has 4 nitrogen and oxygen atoms in total. The highest BCUT2D eigenvalue weighted by Crippen LogP contribution is 2.29. The first kappa shape index (κ1) is 16.3. The summed E-state index contributed by atoms with van der Waals surface area (Å²) in [6, 6.07) is 9.58. The molecule has 0 saturated heterocycles. The van der Waals surface area contributed by atoms with Gasteiger partial charge in [-0.3, -0.25) is 4.79 Å². The van der Waals surface area contributed by atoms with Gasteiger partial charge in [0.15, 0.2) is 0 Å². The standard InChI is InChI=1S/C16H12F3N3OS/c17-16(18,19)12-5-3-11(4-6-12)15(23)21-14-7-8-20-22(14)10-13-2-1-9-24-13/h1-9H,10H2,(H,21,23). The van der Waals surface area contributed by atoms with Crippen molar-refractivity contribution in [3.05, 3.63) is 70.0 Å². The minimum atomic E-state index is -4.42. The van der Waals surface area contributed by atoms with Crippen molar-refractivity contribution in [1.82, 2.24) is 9.78 Å². The number of nitrogens with zero attached hydrogens (tertiary/aromatic N) is 2. The Bertz CT molecular complexity index is 823. The maximum Gasteiger partial charge on any atom is 0.416 e. The Morgan fingerprint density at radius 1 is 1.17 bits per heavy atom. The van der Waals surface area contributed by atoms with E-state index in [0.29, 0.717) is 12.4 Å². The first-order valence-electron chi connectivity index (χ1n) is 6.96. The molecule has 8 heteroatoms. The van der Waals surface area contributed by atoms with Crippen LogP contribution in [0.3, 0.4) is 0 Å². The predicted molar refractivity (Wildman–Crippen MR) is 85.0 cm³/mol. The highest BCUT2D eigenvalue weighted by molar-refractivity contribution is 7.09. The van der Waals surface area contributed by atoms with Crippen molar-refractivity contribution in [2.24, 2.45) is 0 Å². The van der Waals surface area contributed by atoms with Gasteiger partial charge in [0.2, 0.25) is 0 Å². The van der Waals surface area contributed by atoms with Crippen LogP contribution in [0.2, 0.25) is 0 Å². The molecule has 0 unspecified atom stereocenters. The fourth-order valence-corrected chi connectivity index (χ4v) is 2.80. The van der Waals surface area contributed by atoms with E-state index in [2.05, 4.69) is 10.4 Å². The molecule has 2 aromatic heterocycles. The lowest BCUT2D eigenvalue weighted by Crippen LogP contribution is -2.16. The average Bonchev–Trinajstić information content (AvgIpc) is 3.20. The normalized spacial score (nSPS) is 11.5. The summed E-state index contributed by atoms with van der Waals surface area (Å²) >= 11 is 1.57. The first-order chi connectivity index (χ1) is 11.4. The van der Waals surface area contributed by atoms with Crippen LogP contribution in [0.4, 0.5) is 19.0 Å². The molecule has 3 aromatic rings. The van der Waals surface area contributed by atoms with E-state index in [0.717, 1.165) is 29.1 Å². The highest BCUT2D eigenvalue weighted by Gasteiger charge is 2.30. The second kappa shape index (κ2) is 6.48. The van der Waals surface area contributed by atoms with Crippen molar-refractivity contribution in [2.75, 3.05) is 5.32 Å². The molecule has 1 amide bonds. The number of carbonyl (C=O) groups is 1. The molecule has 0 aliphatic rings. The number of anilines is 1. The summed E-state index contributed by atoms with van der Waals surface area (Å²) in [7, 11) is 0. The Morgan fingerprint density at radius 3 is 2.54 bits per heavy atom. The van der Waals surface area contributed by atoms with Crippen molar-refractivity contribution in [2.45, 2.75) is 12.7 Å². The van der Waals surface area contributed by atoms with Gasteiger partial charge in [-0.05, 0) is 35.7 Å². The number of thiophene rings is 1. The van der Waals surface area contributed by atoms with Crippen LogP contribution in [0.25, 0.3) is 0 Å². The maximum atomic E-state index is 12.5. The van der Waals surface area contributed by atoms with Gasteiger partial charge in [0, 0.05) is 16.5 Å². The van der Waals surface area contributed by atoms with Crippen LogP contribution < -0.4 is 5.32 Å². The number of amides is 1. The van der Waals surface area contributed by atoms with Crippen LogP contribution in [0.15, 0.2) is 54.0 Å². The molecule has 0 aliphatic heterocycles. The molecule has 0 spiro atoms. The number of benzene rings is 1. The SMILES string of the molecule is O=C(Nc1ccnn1Cc1cccs1)c1ccc(C(F)(F)F)cc1. The third kappa shape index (κ3) is 3.65. The van der Waals surface area contributed by atoms with Crippen LogP contribution in [-0.4, -0.2) is 15.7 Å². The number of rotatable bonds is 4. The summed E-state index contributed by atoms with van der Waals surface area (Å²) in [4.78, 5) is 13.3. The number of nitrogens with one attached hydrogen (secondary N) is 1. The molecule has 0 fully saturated rings. The van der Waals surface area contributed by atoms with Crippen molar-refractivity contribution in [1.29, 1.82) is 0 Å². The predicted octanol–water partition coefficient (Wildman–Crippen LogP) is 4.26. The van der Waals surface area contributed by atoms with Crippen LogP contribution >= 0.6 is 11.3 Å². The van der Waals surface area contributed by atoms with Crippen LogP contribution in [-0.2, 0) is 12.7 Å². The van der Waals surface area contributed by atoms with Crippen molar-refractivity contribution in [3.8, 4) is 0 Å². The van der Waals surface area contributed by atoms with E-state index in [4.69, 9.17) is 0 Å². The summed E-state index contributed by atoms with van der Waals surface area (Å²) in [6.45, 7) is 0.507. The molecule has 3 rings (SSSR count). The summed E-state index contributed by atoms with van der Waals surface area (Å²) in [6.07, 6.45) is -2.87. The molecule has 1 aromatic carbocycles. The Balaban J connectivity index is 1.72. The lowest BCUT2D eigenvalue weighted by molar-refractivity contribution is -0.137. The summed E-state index contributed by atoms with van der Waals surface area (Å²) in [5.74, 6) is -0.00930. The fraction of sp³-hybridized carbons (Fsp3) is 0.125. The van der Waals surface area contributed by atoms with E-state index >= 15 is 0 Å². The van der Waals surface area contributed by atoms with Crippen molar-refractivity contribution >= 4 is 23.1 Å². The zero-order chi connectivity index (χ0) is 17.2. The van der Waals surface area contributed by atoms with Gasteiger partial charge in [-0.1, -0.05) is 6.07 Å². The van der Waals surface area contributed by atoms with Gasteiger partial charge in [0.25, 0.3) is 5.91 Å². The Hall–Kier alpha value is -2.61. The van der Waals surface area contributed by atoms with Gasteiger partial charge in [-0.2, -0.15) is 18.3 Å². The Kier molecular flexibility index (Phi) is 4.39. The molecule has 2 heterocycles. The molecule has 124 valence electrons. The molecule has 0 saturated carbocycles. The van der Waals surface area contributed by atoms with E-state index < -0.39 is 17.6 Å². The summed E-state index contributed by atoms with van der Waals surface area (Å²) in [5, 5.41) is 8.75. The number of carbonyl (C=O) groups excluding carboxylic acids is 1. The molecule has 0 radical (unpaired) electrons. The minimum Gasteiger partial charge on any atom is -0.307 e. The highest BCUT2D eigenvalue weighted by atomic mass is 32.1. The quantitative estimate of drug-likeness (QED) is 0.763. The maximum absolute atomic E-state index is 12.5. The lowest BCUT2D eigenvalue weighted by atomic mass is 10.1. The number of halogens is 3. The topological polar surface area (TPSA) is 46.9 Å². The number of hydrogen-bond acceptors (Lipinski definition) is 3. The smallest absolute Gasteiger partial charge is 0.307 e. The van der Waals surface area contributed by atoms with Gasteiger partial charge in [-0.15, -0.1) is 11.3 Å². The molecule has 24 heavy (non-hydrogen) atoms. The third-order valence-electron chi connectivity index (χ3n) is 3.32. The largest absolute Gasteiger partial charge is 0.416 e. The zero-order valence-electron chi connectivity index (χ0n) is 12.2. The third-order valence-corrected chi connectivity index (χ3v) is 4.18. The van der Waals surface area contributed by atoms with E-state index in [9.17, 15) is 18.0 Å². The van der Waals surface area contributed by atoms with Crippen LogP contribution in [0, 0.1) is 0 Å². The van der Waals surface area contributed by atoms with Gasteiger partial charge < -0.3 is 5.32 Å². The van der Waals surface area contributed by atoms with Crippen LogP contribution in [0.5, 0.6) is 0 Å². The molecular weight excluding hydrogens is 339 g/mol. The first-order valence-corrected chi connectivity index (χ1v) is 7.84. The second-order valence-corrected chi connectivity index (χ2v) is 6.01. The van der Waals surface area contributed by atoms with E-state index in [1.165, 1.54) is 0 Å². The summed E-state index contributed by atoms with van der Waals surface area (Å²) < 4.78 is 39.3. The molecule has 1 N–H and O–H groups in total. The van der Waals surface area contributed by atoms with Crippen molar-refractivity contribution in [3.63, 3.8) is 0 Å². The van der Waals surface area contributed by atoms with Gasteiger partial charge in [-0.25, -0.2) is 4.68 Å². The van der Waals surface area contributed by atoms with Crippen molar-refractivity contribution < 1.29 is 18.0 Å². The van der Waals surface area contributed by atoms with Gasteiger partial charge in [0.05, 0.1) is 18.3 Å². The number of alkyl halides is 3. The fourth-order valence-electron chi connectivity index (χ4n) is 2.11. The average molecular weight is 351 g/mol. The number of aromatic nitrogens is 2. The monoisotopic (exact) mass is 351 g/mol. The Morgan fingerprint density at radius 2 is 1.92 bits per heavy atom. The van der Waals surface area contributed by atoms with Gasteiger partial charge in [0.1, 0.15) is 5.82 Å². The van der Waals surface area contributed by atoms with Crippen LogP contribution in [0.1, 0.15) is 20.8 Å². The summed E-state index contributed by atoms with van der Waals surface area (Å²) in [5.41, 5.74) is -0.645. The second-order valence-electron chi connectivity index (χ2n) is 4.98. The number of hydrogen-bond donors (Lipinski definition) is 1. The Labute approximate surface area is 139 Å². The minimum absolute atomic E-state index is 0.145. The molecule has 0 bridgehead atoms. The van der Waals surface area contributed by atoms with E-state index in [-0.39, 0.29) is 5.56 Å².